The molecule has 0 amide bonds. The molecule has 0 atom stereocenters. The largest absolute Gasteiger partial charge is 0.369 e. The molecular weight excluding hydrogens is 320 g/mol. The Hall–Kier alpha value is -0.880. The number of anilines is 1. The maximum absolute atomic E-state index is 12.3. The van der Waals surface area contributed by atoms with Gasteiger partial charge in [-0.15, -0.1) is 0 Å². The van der Waals surface area contributed by atoms with Crippen molar-refractivity contribution in [2.75, 3.05) is 25.0 Å². The summed E-state index contributed by atoms with van der Waals surface area (Å²) >= 11 is 3.45. The van der Waals surface area contributed by atoms with Crippen molar-refractivity contribution < 1.29 is 0 Å². The number of nitrogens with one attached hydrogen (secondary N) is 1. The van der Waals surface area contributed by atoms with Crippen LogP contribution in [0.1, 0.15) is 39.7 Å². The van der Waals surface area contributed by atoms with Gasteiger partial charge in [-0.05, 0) is 56.6 Å². The average Bonchev–Trinajstić information content (AvgIpc) is 2.43. The molecule has 0 bridgehead atoms. The zero-order chi connectivity index (χ0) is 14.9. The lowest BCUT2D eigenvalue weighted by molar-refractivity contribution is 0.304. The zero-order valence-electron chi connectivity index (χ0n) is 12.6. The smallest absolute Gasteiger partial charge is 0.283 e. The van der Waals surface area contributed by atoms with Gasteiger partial charge in [-0.2, -0.15) is 5.10 Å². The van der Waals surface area contributed by atoms with Gasteiger partial charge >= 0.3 is 0 Å². The first-order valence-corrected chi connectivity index (χ1v) is 7.88. The fourth-order valence-electron chi connectivity index (χ4n) is 2.52. The van der Waals surface area contributed by atoms with E-state index in [9.17, 15) is 4.79 Å². The van der Waals surface area contributed by atoms with Crippen LogP contribution in [0.2, 0.25) is 0 Å². The van der Waals surface area contributed by atoms with E-state index in [0.29, 0.717) is 4.47 Å². The molecule has 5 nitrogen and oxygen atoms in total. The fraction of sp³-hybridized carbons (Fsp3) is 0.714. The Morgan fingerprint density at radius 3 is 2.50 bits per heavy atom. The first-order chi connectivity index (χ1) is 9.38. The van der Waals surface area contributed by atoms with Gasteiger partial charge in [0, 0.05) is 18.6 Å². The lowest BCUT2D eigenvalue weighted by atomic mass is 9.90. The van der Waals surface area contributed by atoms with Gasteiger partial charge in [0.05, 0.1) is 17.9 Å². The van der Waals surface area contributed by atoms with E-state index in [0.717, 1.165) is 31.6 Å². The predicted molar refractivity (Wildman–Crippen MR) is 85.5 cm³/mol. The van der Waals surface area contributed by atoms with Crippen molar-refractivity contribution in [2.45, 2.75) is 45.2 Å². The van der Waals surface area contributed by atoms with Crippen LogP contribution in [0, 0.1) is 0 Å². The molecule has 0 aliphatic carbocycles. The third-order valence-corrected chi connectivity index (χ3v) is 4.97. The van der Waals surface area contributed by atoms with E-state index in [-0.39, 0.29) is 17.1 Å². The van der Waals surface area contributed by atoms with Crippen molar-refractivity contribution in [3.05, 3.63) is 21.0 Å². The maximum atomic E-state index is 12.3. The van der Waals surface area contributed by atoms with Crippen molar-refractivity contribution in [3.8, 4) is 0 Å². The Morgan fingerprint density at radius 2 is 2.00 bits per heavy atom. The van der Waals surface area contributed by atoms with Gasteiger partial charge in [0.1, 0.15) is 4.47 Å². The molecule has 1 aromatic heterocycles. The number of hydrogen-bond donors (Lipinski definition) is 1. The highest BCUT2D eigenvalue weighted by molar-refractivity contribution is 9.10. The lowest BCUT2D eigenvalue weighted by Crippen LogP contribution is -2.50. The van der Waals surface area contributed by atoms with Gasteiger partial charge in [0.25, 0.3) is 5.56 Å². The molecule has 0 saturated carbocycles. The predicted octanol–water partition coefficient (Wildman–Crippen LogP) is 2.17. The number of aromatic nitrogens is 2. The summed E-state index contributed by atoms with van der Waals surface area (Å²) in [6.07, 6.45) is 3.92. The van der Waals surface area contributed by atoms with Crippen molar-refractivity contribution in [1.29, 1.82) is 0 Å². The van der Waals surface area contributed by atoms with Gasteiger partial charge in [0.15, 0.2) is 0 Å². The molecule has 112 valence electrons. The maximum Gasteiger partial charge on any atom is 0.283 e. The summed E-state index contributed by atoms with van der Waals surface area (Å²) in [5.41, 5.74) is 1.05. The molecule has 1 aliphatic heterocycles. The third-order valence-electron chi connectivity index (χ3n) is 4.23. The van der Waals surface area contributed by atoms with Crippen molar-refractivity contribution in [2.24, 2.45) is 0 Å². The fourth-order valence-corrected chi connectivity index (χ4v) is 3.05. The summed E-state index contributed by atoms with van der Waals surface area (Å²) in [6, 6.07) is 0.0711. The van der Waals surface area contributed by atoms with Gasteiger partial charge < -0.3 is 10.2 Å². The quantitative estimate of drug-likeness (QED) is 0.914. The van der Waals surface area contributed by atoms with Crippen LogP contribution in [0.15, 0.2) is 15.5 Å². The van der Waals surface area contributed by atoms with Gasteiger partial charge in [-0.1, -0.05) is 0 Å². The van der Waals surface area contributed by atoms with Gasteiger partial charge in [0.2, 0.25) is 0 Å². The van der Waals surface area contributed by atoms with Crippen molar-refractivity contribution in [1.82, 2.24) is 15.1 Å². The summed E-state index contributed by atoms with van der Waals surface area (Å²) in [4.78, 5) is 14.5. The number of rotatable bonds is 3. The Balaban J connectivity index is 2.23. The van der Waals surface area contributed by atoms with Crippen LogP contribution in [0.4, 0.5) is 5.69 Å². The van der Waals surface area contributed by atoms with Crippen LogP contribution in [0.3, 0.4) is 0 Å². The van der Waals surface area contributed by atoms with Crippen LogP contribution in [0.25, 0.3) is 0 Å². The number of nitrogens with zero attached hydrogens (tertiary/aromatic N) is 3. The van der Waals surface area contributed by atoms with E-state index in [1.54, 1.807) is 6.20 Å². The average molecular weight is 343 g/mol. The van der Waals surface area contributed by atoms with E-state index in [4.69, 9.17) is 0 Å². The third kappa shape index (κ3) is 2.91. The Kier molecular flexibility index (Phi) is 4.54. The Labute approximate surface area is 128 Å². The molecular formula is C14H23BrN4O. The molecule has 1 aliphatic rings. The highest BCUT2D eigenvalue weighted by atomic mass is 79.9. The summed E-state index contributed by atoms with van der Waals surface area (Å²) in [6.45, 7) is 8.03. The van der Waals surface area contributed by atoms with E-state index in [2.05, 4.69) is 38.2 Å². The first-order valence-electron chi connectivity index (χ1n) is 7.09. The van der Waals surface area contributed by atoms with Gasteiger partial charge in [-0.3, -0.25) is 4.79 Å². The second-order valence-corrected chi connectivity index (χ2v) is 6.78. The SMILES string of the molecule is CNC1(C)CCN(c2cnn(C(C)C)c(=O)c2Br)CC1. The highest BCUT2D eigenvalue weighted by Gasteiger charge is 2.29. The summed E-state index contributed by atoms with van der Waals surface area (Å²) in [5, 5.41) is 7.67. The van der Waals surface area contributed by atoms with E-state index in [1.165, 1.54) is 4.68 Å². The Bertz CT molecular complexity index is 532. The molecule has 1 N–H and O–H groups in total. The molecule has 2 heterocycles. The van der Waals surface area contributed by atoms with Crippen molar-refractivity contribution >= 4 is 21.6 Å². The highest BCUT2D eigenvalue weighted by Crippen LogP contribution is 2.28. The minimum absolute atomic E-state index is 0.0561. The molecule has 1 saturated heterocycles. The second kappa shape index (κ2) is 5.85. The van der Waals surface area contributed by atoms with Crippen LogP contribution < -0.4 is 15.8 Å². The number of piperidine rings is 1. The van der Waals surface area contributed by atoms with Crippen LogP contribution in [-0.4, -0.2) is 35.5 Å². The van der Waals surface area contributed by atoms with Crippen LogP contribution in [-0.2, 0) is 0 Å². The molecule has 2 rings (SSSR count). The topological polar surface area (TPSA) is 50.2 Å². The van der Waals surface area contributed by atoms with E-state index < -0.39 is 0 Å². The van der Waals surface area contributed by atoms with Gasteiger partial charge in [-0.25, -0.2) is 4.68 Å². The van der Waals surface area contributed by atoms with Crippen LogP contribution in [0.5, 0.6) is 0 Å². The summed E-state index contributed by atoms with van der Waals surface area (Å²) in [5.74, 6) is 0. The number of halogens is 1. The zero-order valence-corrected chi connectivity index (χ0v) is 14.2. The molecule has 6 heteroatoms. The van der Waals surface area contributed by atoms with Crippen LogP contribution >= 0.6 is 15.9 Å². The number of hydrogen-bond acceptors (Lipinski definition) is 4. The van der Waals surface area contributed by atoms with E-state index in [1.807, 2.05) is 20.9 Å². The summed E-state index contributed by atoms with van der Waals surface area (Å²) < 4.78 is 2.13. The first kappa shape index (κ1) is 15.5. The lowest BCUT2D eigenvalue weighted by Gasteiger charge is -2.40. The molecule has 0 spiro atoms. The summed E-state index contributed by atoms with van der Waals surface area (Å²) in [7, 11) is 2.01. The molecule has 0 aromatic carbocycles. The minimum Gasteiger partial charge on any atom is -0.369 e. The monoisotopic (exact) mass is 342 g/mol. The van der Waals surface area contributed by atoms with Crippen molar-refractivity contribution in [3.63, 3.8) is 0 Å². The molecule has 1 fully saturated rings. The molecule has 0 unspecified atom stereocenters. The normalized spacial score (nSPS) is 18.6. The van der Waals surface area contributed by atoms with E-state index >= 15 is 0 Å². The standard InChI is InChI=1S/C14H23BrN4O/c1-10(2)19-13(20)12(15)11(9-17-19)18-7-5-14(3,16-4)6-8-18/h9-10,16H,5-8H2,1-4H3. The molecule has 1 aromatic rings. The minimum atomic E-state index is -0.0561. The molecule has 20 heavy (non-hydrogen) atoms. The second-order valence-electron chi connectivity index (χ2n) is 5.98. The Morgan fingerprint density at radius 1 is 1.40 bits per heavy atom. The molecule has 0 radical (unpaired) electrons.